The van der Waals surface area contributed by atoms with E-state index < -0.39 is 6.09 Å². The molecular formula is C20H24N4O4. The molecule has 28 heavy (non-hydrogen) atoms. The van der Waals surface area contributed by atoms with E-state index in [1.54, 1.807) is 11.8 Å². The summed E-state index contributed by atoms with van der Waals surface area (Å²) in [5.41, 5.74) is 2.90. The third-order valence-corrected chi connectivity index (χ3v) is 4.61. The van der Waals surface area contributed by atoms with Crippen molar-refractivity contribution in [2.75, 3.05) is 18.5 Å². The van der Waals surface area contributed by atoms with E-state index >= 15 is 0 Å². The van der Waals surface area contributed by atoms with Crippen LogP contribution in [0.1, 0.15) is 30.7 Å². The molecule has 0 fully saturated rings. The summed E-state index contributed by atoms with van der Waals surface area (Å²) in [6.45, 7) is 4.70. The molecule has 0 atom stereocenters. The predicted molar refractivity (Wildman–Crippen MR) is 104 cm³/mol. The van der Waals surface area contributed by atoms with Crippen molar-refractivity contribution in [3.63, 3.8) is 0 Å². The highest BCUT2D eigenvalue weighted by Gasteiger charge is 2.24. The molecule has 1 aliphatic rings. The van der Waals surface area contributed by atoms with E-state index in [1.807, 2.05) is 24.3 Å². The smallest absolute Gasteiger partial charge is 0.410 e. The molecule has 0 aliphatic carbocycles. The normalized spacial score (nSPS) is 13.0. The van der Waals surface area contributed by atoms with Crippen LogP contribution in [0, 0.1) is 0 Å². The van der Waals surface area contributed by atoms with Crippen molar-refractivity contribution in [1.82, 2.24) is 14.7 Å². The molecule has 8 nitrogen and oxygen atoms in total. The van der Waals surface area contributed by atoms with Crippen LogP contribution in [0.25, 0.3) is 0 Å². The number of anilines is 1. The molecule has 0 saturated heterocycles. The molecule has 2 amide bonds. The number of aryl methyl sites for hydroxylation is 1. The van der Waals surface area contributed by atoms with Gasteiger partial charge in [-0.25, -0.2) is 9.48 Å². The number of hydrogen-bond acceptors (Lipinski definition) is 5. The lowest BCUT2D eigenvalue weighted by molar-refractivity contribution is -0.117. The zero-order chi connectivity index (χ0) is 20.1. The van der Waals surface area contributed by atoms with Gasteiger partial charge in [-0.15, -0.1) is 0 Å². The quantitative estimate of drug-likeness (QED) is 0.851. The number of benzene rings is 1. The van der Waals surface area contributed by atoms with Gasteiger partial charge in [0.2, 0.25) is 5.91 Å². The number of hydrogen-bond donors (Lipinski definition) is 1. The van der Waals surface area contributed by atoms with Crippen LogP contribution in [0.3, 0.4) is 0 Å². The number of amides is 2. The fourth-order valence-electron chi connectivity index (χ4n) is 3.08. The number of rotatable bonds is 5. The third-order valence-electron chi connectivity index (χ3n) is 4.61. The summed E-state index contributed by atoms with van der Waals surface area (Å²) in [4.78, 5) is 38.1. The van der Waals surface area contributed by atoms with Crippen LogP contribution in [-0.4, -0.2) is 39.8 Å². The summed E-state index contributed by atoms with van der Waals surface area (Å²) in [5, 5.41) is 7.10. The molecule has 148 valence electrons. The summed E-state index contributed by atoms with van der Waals surface area (Å²) in [7, 11) is 0. The second-order valence-corrected chi connectivity index (χ2v) is 6.58. The highest BCUT2D eigenvalue weighted by molar-refractivity contribution is 5.90. The largest absolute Gasteiger partial charge is 0.450 e. The van der Waals surface area contributed by atoms with E-state index in [-0.39, 0.29) is 24.6 Å². The van der Waals surface area contributed by atoms with Crippen molar-refractivity contribution in [3.8, 4) is 0 Å². The average Bonchev–Trinajstić information content (AvgIpc) is 2.69. The first-order valence-corrected chi connectivity index (χ1v) is 9.40. The Bertz CT molecular complexity index is 921. The molecule has 1 aliphatic heterocycles. The molecule has 0 saturated carbocycles. The lowest BCUT2D eigenvalue weighted by Crippen LogP contribution is -2.39. The summed E-state index contributed by atoms with van der Waals surface area (Å²) >= 11 is 0. The van der Waals surface area contributed by atoms with Crippen molar-refractivity contribution < 1.29 is 14.3 Å². The van der Waals surface area contributed by atoms with Gasteiger partial charge in [0.05, 0.1) is 18.8 Å². The molecular weight excluding hydrogens is 360 g/mol. The van der Waals surface area contributed by atoms with Gasteiger partial charge < -0.3 is 15.0 Å². The fourth-order valence-corrected chi connectivity index (χ4v) is 3.08. The third kappa shape index (κ3) is 4.57. The van der Waals surface area contributed by atoms with Crippen molar-refractivity contribution >= 4 is 17.7 Å². The van der Waals surface area contributed by atoms with Gasteiger partial charge in [0.25, 0.3) is 5.56 Å². The van der Waals surface area contributed by atoms with E-state index in [0.29, 0.717) is 30.8 Å². The Morgan fingerprint density at radius 2 is 1.96 bits per heavy atom. The Kier molecular flexibility index (Phi) is 6.08. The van der Waals surface area contributed by atoms with Gasteiger partial charge in [-0.1, -0.05) is 19.1 Å². The van der Waals surface area contributed by atoms with E-state index in [1.165, 1.54) is 11.6 Å². The van der Waals surface area contributed by atoms with Gasteiger partial charge >= 0.3 is 6.09 Å². The molecule has 0 bridgehead atoms. The highest BCUT2D eigenvalue weighted by Crippen LogP contribution is 2.16. The van der Waals surface area contributed by atoms with Gasteiger partial charge in [0, 0.05) is 30.3 Å². The minimum Gasteiger partial charge on any atom is -0.450 e. The molecule has 0 radical (unpaired) electrons. The zero-order valence-corrected chi connectivity index (χ0v) is 16.1. The van der Waals surface area contributed by atoms with Crippen LogP contribution in [-0.2, 0) is 35.5 Å². The van der Waals surface area contributed by atoms with Crippen molar-refractivity contribution in [1.29, 1.82) is 0 Å². The van der Waals surface area contributed by atoms with Crippen LogP contribution < -0.4 is 10.9 Å². The molecule has 3 rings (SSSR count). The monoisotopic (exact) mass is 384 g/mol. The second-order valence-electron chi connectivity index (χ2n) is 6.58. The Balaban J connectivity index is 1.68. The van der Waals surface area contributed by atoms with Crippen LogP contribution in [0.2, 0.25) is 0 Å². The lowest BCUT2D eigenvalue weighted by atomic mass is 10.1. The minimum atomic E-state index is -0.397. The molecule has 0 unspecified atom stereocenters. The molecule has 1 aromatic carbocycles. The van der Waals surface area contributed by atoms with Crippen molar-refractivity contribution in [3.05, 3.63) is 57.5 Å². The number of ether oxygens (including phenoxy) is 1. The van der Waals surface area contributed by atoms with E-state index in [4.69, 9.17) is 4.74 Å². The second kappa shape index (κ2) is 8.69. The van der Waals surface area contributed by atoms with E-state index in [9.17, 15) is 14.4 Å². The number of aromatic nitrogens is 2. The lowest BCUT2D eigenvalue weighted by Gasteiger charge is -2.27. The van der Waals surface area contributed by atoms with Crippen molar-refractivity contribution in [2.45, 2.75) is 39.8 Å². The van der Waals surface area contributed by atoms with Crippen LogP contribution in [0.4, 0.5) is 10.5 Å². The summed E-state index contributed by atoms with van der Waals surface area (Å²) in [6.07, 6.45) is 1.04. The van der Waals surface area contributed by atoms with Crippen molar-refractivity contribution in [2.24, 2.45) is 0 Å². The number of fused-ring (bicyclic) bond motifs is 1. The molecule has 1 N–H and O–H groups in total. The summed E-state index contributed by atoms with van der Waals surface area (Å²) in [5.74, 6) is -0.317. The van der Waals surface area contributed by atoms with Gasteiger partial charge in [0.1, 0.15) is 6.54 Å². The van der Waals surface area contributed by atoms with Crippen LogP contribution in [0.15, 0.2) is 35.1 Å². The average molecular weight is 384 g/mol. The van der Waals surface area contributed by atoms with E-state index in [0.717, 1.165) is 16.8 Å². The maximum atomic E-state index is 12.4. The maximum Gasteiger partial charge on any atom is 0.410 e. The molecule has 8 heteroatoms. The first-order valence-electron chi connectivity index (χ1n) is 9.40. The summed E-state index contributed by atoms with van der Waals surface area (Å²) in [6, 6.07) is 9.02. The number of carbonyl (C=O) groups is 2. The molecule has 2 aromatic rings. The van der Waals surface area contributed by atoms with Gasteiger partial charge in [-0.2, -0.15) is 5.10 Å². The van der Waals surface area contributed by atoms with Gasteiger partial charge in [-0.3, -0.25) is 9.59 Å². The zero-order valence-electron chi connectivity index (χ0n) is 16.1. The Morgan fingerprint density at radius 1 is 1.21 bits per heavy atom. The topological polar surface area (TPSA) is 93.5 Å². The number of carbonyl (C=O) groups excluding carboxylic acids is 2. The predicted octanol–water partition coefficient (Wildman–Crippen LogP) is 1.96. The fraction of sp³-hybridized carbons (Fsp3) is 0.400. The highest BCUT2D eigenvalue weighted by atomic mass is 16.6. The van der Waals surface area contributed by atoms with Gasteiger partial charge in [-0.05, 0) is 31.0 Å². The van der Waals surface area contributed by atoms with Gasteiger partial charge in [0.15, 0.2) is 0 Å². The Labute approximate surface area is 163 Å². The first kappa shape index (κ1) is 19.6. The molecule has 2 heterocycles. The Hall–Kier alpha value is -3.16. The Morgan fingerprint density at radius 3 is 2.64 bits per heavy atom. The first-order chi connectivity index (χ1) is 13.5. The SMILES string of the molecule is CCOC(=O)N1CCc2nn(CC(=O)Nc3ccc(CC)cc3)c(=O)cc2C1. The molecule has 0 spiro atoms. The number of nitrogens with zero attached hydrogens (tertiary/aromatic N) is 3. The number of nitrogens with one attached hydrogen (secondary N) is 1. The van der Waals surface area contributed by atoms with Crippen LogP contribution in [0.5, 0.6) is 0 Å². The minimum absolute atomic E-state index is 0.163. The maximum absolute atomic E-state index is 12.4. The standard InChI is InChI=1S/C20H24N4O4/c1-3-14-5-7-16(8-6-14)21-18(25)13-24-19(26)11-15-12-23(20(27)28-4-2)10-9-17(15)22-24/h5-8,11H,3-4,9-10,12-13H2,1-2H3,(H,21,25). The molecule has 1 aromatic heterocycles. The van der Waals surface area contributed by atoms with Crippen LogP contribution >= 0.6 is 0 Å². The summed E-state index contributed by atoms with van der Waals surface area (Å²) < 4.78 is 6.17. The van der Waals surface area contributed by atoms with E-state index in [2.05, 4.69) is 17.3 Å².